The average Bonchev–Trinajstić information content (AvgIpc) is 2.97. The van der Waals surface area contributed by atoms with Crippen LogP contribution in [0.5, 0.6) is 0 Å². The lowest BCUT2D eigenvalue weighted by Crippen LogP contribution is -2.11. The Morgan fingerprint density at radius 2 is 2.17 bits per heavy atom. The lowest BCUT2D eigenvalue weighted by atomic mass is 10.3. The van der Waals surface area contributed by atoms with Crippen molar-refractivity contribution in [2.45, 2.75) is 26.4 Å². The molecule has 2 N–H and O–H groups in total. The Hall–Kier alpha value is -1.59. The standard InChI is InChI=1S/C13H15NO3S/c1-2-11-3-4-12(18-11)7-14-6-10-5-9(8-17-10)13(15)16/h3-5,8,14H,2,6-7H2,1H3,(H,15,16). The molecule has 0 fully saturated rings. The number of furan rings is 1. The number of carboxylic acids is 1. The first-order chi connectivity index (χ1) is 8.69. The van der Waals surface area contributed by atoms with Gasteiger partial charge in [0.25, 0.3) is 0 Å². The Kier molecular flexibility index (Phi) is 4.17. The normalized spacial score (nSPS) is 10.7. The summed E-state index contributed by atoms with van der Waals surface area (Å²) >= 11 is 1.79. The van der Waals surface area contributed by atoms with Crippen LogP contribution in [0, 0.1) is 0 Å². The third-order valence-electron chi connectivity index (χ3n) is 2.56. The molecular weight excluding hydrogens is 250 g/mol. The molecule has 0 saturated carbocycles. The smallest absolute Gasteiger partial charge is 0.338 e. The first-order valence-corrected chi connectivity index (χ1v) is 6.59. The molecule has 96 valence electrons. The molecule has 0 aliphatic heterocycles. The molecule has 2 heterocycles. The molecule has 0 aliphatic carbocycles. The van der Waals surface area contributed by atoms with Gasteiger partial charge in [-0.3, -0.25) is 0 Å². The van der Waals surface area contributed by atoms with E-state index in [1.54, 1.807) is 17.4 Å². The van der Waals surface area contributed by atoms with Gasteiger partial charge in [0.15, 0.2) is 0 Å². The summed E-state index contributed by atoms with van der Waals surface area (Å²) < 4.78 is 5.15. The van der Waals surface area contributed by atoms with Crippen molar-refractivity contribution in [3.8, 4) is 0 Å². The van der Waals surface area contributed by atoms with E-state index in [1.807, 2.05) is 0 Å². The zero-order valence-electron chi connectivity index (χ0n) is 10.1. The molecule has 0 atom stereocenters. The van der Waals surface area contributed by atoms with Crippen LogP contribution in [0.2, 0.25) is 0 Å². The van der Waals surface area contributed by atoms with Gasteiger partial charge in [0.2, 0.25) is 0 Å². The van der Waals surface area contributed by atoms with E-state index in [0.717, 1.165) is 13.0 Å². The van der Waals surface area contributed by atoms with Crippen molar-refractivity contribution >= 4 is 17.3 Å². The second kappa shape index (κ2) is 5.84. The number of carboxylic acid groups (broad SMARTS) is 1. The Morgan fingerprint density at radius 3 is 2.78 bits per heavy atom. The van der Waals surface area contributed by atoms with Crippen LogP contribution >= 0.6 is 11.3 Å². The number of hydrogen-bond donors (Lipinski definition) is 2. The van der Waals surface area contributed by atoms with E-state index in [4.69, 9.17) is 9.52 Å². The topological polar surface area (TPSA) is 62.5 Å². The van der Waals surface area contributed by atoms with Crippen molar-refractivity contribution in [1.82, 2.24) is 5.32 Å². The molecule has 0 aliphatic rings. The third-order valence-corrected chi connectivity index (χ3v) is 3.79. The maximum Gasteiger partial charge on any atom is 0.338 e. The maximum absolute atomic E-state index is 10.7. The minimum Gasteiger partial charge on any atom is -0.478 e. The molecule has 0 spiro atoms. The molecule has 2 rings (SSSR count). The van der Waals surface area contributed by atoms with Gasteiger partial charge >= 0.3 is 5.97 Å². The summed E-state index contributed by atoms with van der Waals surface area (Å²) in [6, 6.07) is 5.79. The SMILES string of the molecule is CCc1ccc(CNCc2cc(C(=O)O)co2)s1. The minimum atomic E-state index is -0.962. The van der Waals surface area contributed by atoms with Crippen LogP contribution in [0.3, 0.4) is 0 Å². The molecule has 0 amide bonds. The van der Waals surface area contributed by atoms with E-state index in [0.29, 0.717) is 12.3 Å². The van der Waals surface area contributed by atoms with Crippen LogP contribution < -0.4 is 5.32 Å². The summed E-state index contributed by atoms with van der Waals surface area (Å²) in [5.41, 5.74) is 0.191. The van der Waals surface area contributed by atoms with Crippen molar-refractivity contribution in [3.05, 3.63) is 45.5 Å². The van der Waals surface area contributed by atoms with Crippen molar-refractivity contribution in [2.75, 3.05) is 0 Å². The minimum absolute atomic E-state index is 0.191. The van der Waals surface area contributed by atoms with Crippen LogP contribution in [0.25, 0.3) is 0 Å². The highest BCUT2D eigenvalue weighted by Crippen LogP contribution is 2.16. The first-order valence-electron chi connectivity index (χ1n) is 5.78. The number of nitrogens with one attached hydrogen (secondary N) is 1. The van der Waals surface area contributed by atoms with E-state index in [2.05, 4.69) is 24.4 Å². The molecule has 18 heavy (non-hydrogen) atoms. The van der Waals surface area contributed by atoms with Gasteiger partial charge < -0.3 is 14.8 Å². The van der Waals surface area contributed by atoms with E-state index in [1.165, 1.54) is 16.0 Å². The summed E-state index contributed by atoms with van der Waals surface area (Å²) in [7, 11) is 0. The molecule has 0 bridgehead atoms. The lowest BCUT2D eigenvalue weighted by molar-refractivity contribution is 0.0696. The van der Waals surface area contributed by atoms with Gasteiger partial charge in [0, 0.05) is 16.3 Å². The number of aromatic carboxylic acids is 1. The van der Waals surface area contributed by atoms with Crippen molar-refractivity contribution in [1.29, 1.82) is 0 Å². The van der Waals surface area contributed by atoms with Crippen LogP contribution in [0.4, 0.5) is 0 Å². The zero-order valence-corrected chi connectivity index (χ0v) is 10.9. The number of thiophene rings is 1. The van der Waals surface area contributed by atoms with E-state index >= 15 is 0 Å². The molecule has 0 saturated heterocycles. The Balaban J connectivity index is 1.82. The molecule has 0 radical (unpaired) electrons. The monoisotopic (exact) mass is 265 g/mol. The Labute approximate surface area is 109 Å². The molecular formula is C13H15NO3S. The summed E-state index contributed by atoms with van der Waals surface area (Å²) in [5, 5.41) is 12.0. The zero-order chi connectivity index (χ0) is 13.0. The van der Waals surface area contributed by atoms with Crippen LogP contribution in [-0.2, 0) is 19.5 Å². The molecule has 2 aromatic heterocycles. The second-order valence-electron chi connectivity index (χ2n) is 3.93. The van der Waals surface area contributed by atoms with Crippen molar-refractivity contribution < 1.29 is 14.3 Å². The largest absolute Gasteiger partial charge is 0.478 e. The average molecular weight is 265 g/mol. The van der Waals surface area contributed by atoms with Gasteiger partial charge in [-0.25, -0.2) is 4.79 Å². The highest BCUT2D eigenvalue weighted by Gasteiger charge is 2.07. The Morgan fingerprint density at radius 1 is 1.39 bits per heavy atom. The van der Waals surface area contributed by atoms with E-state index in [-0.39, 0.29) is 5.56 Å². The van der Waals surface area contributed by atoms with Gasteiger partial charge in [-0.05, 0) is 24.6 Å². The van der Waals surface area contributed by atoms with Gasteiger partial charge in [-0.1, -0.05) is 6.92 Å². The first kappa shape index (κ1) is 12.9. The molecule has 4 nitrogen and oxygen atoms in total. The summed E-state index contributed by atoms with van der Waals surface area (Å²) in [4.78, 5) is 13.3. The van der Waals surface area contributed by atoms with Gasteiger partial charge in [0.1, 0.15) is 12.0 Å². The Bertz CT molecular complexity index is 530. The van der Waals surface area contributed by atoms with Crippen LogP contribution in [0.15, 0.2) is 28.9 Å². The number of carbonyl (C=O) groups is 1. The number of aryl methyl sites for hydroxylation is 1. The van der Waals surface area contributed by atoms with Gasteiger partial charge in [-0.2, -0.15) is 0 Å². The lowest BCUT2D eigenvalue weighted by Gasteiger charge is -1.99. The quantitative estimate of drug-likeness (QED) is 0.843. The number of hydrogen-bond acceptors (Lipinski definition) is 4. The van der Waals surface area contributed by atoms with Gasteiger partial charge in [0.05, 0.1) is 12.1 Å². The fraction of sp³-hybridized carbons (Fsp3) is 0.308. The third kappa shape index (κ3) is 3.21. The van der Waals surface area contributed by atoms with Crippen LogP contribution in [0.1, 0.15) is 32.8 Å². The second-order valence-corrected chi connectivity index (χ2v) is 5.18. The predicted molar refractivity (Wildman–Crippen MR) is 69.9 cm³/mol. The molecule has 5 heteroatoms. The van der Waals surface area contributed by atoms with E-state index in [9.17, 15) is 4.79 Å². The van der Waals surface area contributed by atoms with Gasteiger partial charge in [-0.15, -0.1) is 11.3 Å². The van der Waals surface area contributed by atoms with Crippen LogP contribution in [-0.4, -0.2) is 11.1 Å². The molecule has 2 aromatic rings. The predicted octanol–water partition coefficient (Wildman–Crippen LogP) is 2.89. The number of rotatable bonds is 6. The van der Waals surface area contributed by atoms with E-state index < -0.39 is 5.97 Å². The fourth-order valence-corrected chi connectivity index (χ4v) is 2.53. The molecule has 0 unspecified atom stereocenters. The summed E-state index contributed by atoms with van der Waals surface area (Å²) in [6.07, 6.45) is 2.32. The fourth-order valence-electron chi connectivity index (χ4n) is 1.60. The highest BCUT2D eigenvalue weighted by molar-refractivity contribution is 7.11. The highest BCUT2D eigenvalue weighted by atomic mass is 32.1. The summed E-state index contributed by atoms with van der Waals surface area (Å²) in [6.45, 7) is 3.44. The maximum atomic E-state index is 10.7. The molecule has 0 aromatic carbocycles. The van der Waals surface area contributed by atoms with Crippen molar-refractivity contribution in [3.63, 3.8) is 0 Å². The summed E-state index contributed by atoms with van der Waals surface area (Å²) in [5.74, 6) is -0.324. The van der Waals surface area contributed by atoms with Crippen molar-refractivity contribution in [2.24, 2.45) is 0 Å².